The van der Waals surface area contributed by atoms with E-state index in [-0.39, 0.29) is 18.2 Å². The van der Waals surface area contributed by atoms with Crippen LogP contribution in [0.25, 0.3) is 16.5 Å². The van der Waals surface area contributed by atoms with Crippen molar-refractivity contribution < 1.29 is 14.3 Å². The molecule has 0 saturated carbocycles. The van der Waals surface area contributed by atoms with Gasteiger partial charge in [0.15, 0.2) is 5.60 Å². The molecule has 1 aliphatic carbocycles. The van der Waals surface area contributed by atoms with Gasteiger partial charge < -0.3 is 4.74 Å². The summed E-state index contributed by atoms with van der Waals surface area (Å²) in [6.07, 6.45) is 3.85. The van der Waals surface area contributed by atoms with Crippen molar-refractivity contribution in [3.05, 3.63) is 45.8 Å². The van der Waals surface area contributed by atoms with Crippen LogP contribution in [0.5, 0.6) is 0 Å². The summed E-state index contributed by atoms with van der Waals surface area (Å²) in [5, 5.41) is 3.55. The van der Waals surface area contributed by atoms with E-state index in [1.54, 1.807) is 30.4 Å². The van der Waals surface area contributed by atoms with E-state index in [2.05, 4.69) is 10.0 Å². The summed E-state index contributed by atoms with van der Waals surface area (Å²) in [4.78, 5) is 26.5. The molecule has 0 bridgehead atoms. The van der Waals surface area contributed by atoms with Crippen LogP contribution in [0.1, 0.15) is 28.8 Å². The van der Waals surface area contributed by atoms with Crippen molar-refractivity contribution >= 4 is 23.5 Å². The number of rotatable bonds is 1. The molecule has 1 fully saturated rings. The van der Waals surface area contributed by atoms with Crippen molar-refractivity contribution in [1.29, 1.82) is 0 Å². The Morgan fingerprint density at radius 3 is 2.89 bits per heavy atom. The van der Waals surface area contributed by atoms with Gasteiger partial charge in [0.05, 0.1) is 6.42 Å². The van der Waals surface area contributed by atoms with Gasteiger partial charge in [-0.05, 0) is 17.2 Å². The SMILES string of the molecule is [N-]=[N+]=Nc1cccc2c1C=C[C@]1(CCC(=O)O1)C2=O. The zero-order chi connectivity index (χ0) is 13.5. The molecule has 2 aliphatic rings. The second-order valence-corrected chi connectivity index (χ2v) is 4.45. The molecular weight excluding hydrogens is 246 g/mol. The molecule has 1 heterocycles. The van der Waals surface area contributed by atoms with Gasteiger partial charge in [0.25, 0.3) is 0 Å². The molecule has 94 valence electrons. The predicted octanol–water partition coefficient (Wildman–Crippen LogP) is 2.91. The number of Topliss-reactive ketones (excluding diaryl/α,β-unsaturated/α-hetero) is 1. The standard InChI is InChI=1S/C13H9N3O3/c14-16-15-10-3-1-2-9-8(10)4-6-13(12(9)18)7-5-11(17)19-13/h1-4,6H,5,7H2/t13-/m0/s1. The minimum Gasteiger partial charge on any atom is -0.446 e. The molecule has 3 rings (SSSR count). The second-order valence-electron chi connectivity index (χ2n) is 4.45. The maximum absolute atomic E-state index is 12.5. The lowest BCUT2D eigenvalue weighted by Crippen LogP contribution is -2.38. The first-order valence-corrected chi connectivity index (χ1v) is 5.80. The number of carbonyl (C=O) groups excluding carboxylic acids is 2. The van der Waals surface area contributed by atoms with Gasteiger partial charge >= 0.3 is 5.97 Å². The van der Waals surface area contributed by atoms with Gasteiger partial charge in [-0.1, -0.05) is 29.4 Å². The fourth-order valence-electron chi connectivity index (χ4n) is 2.45. The molecule has 19 heavy (non-hydrogen) atoms. The number of carbonyl (C=O) groups is 2. The number of ether oxygens (including phenoxy) is 1. The molecule has 0 amide bonds. The minimum absolute atomic E-state index is 0.238. The van der Waals surface area contributed by atoms with Crippen LogP contribution in [0.15, 0.2) is 29.4 Å². The van der Waals surface area contributed by atoms with Crippen molar-refractivity contribution in [2.24, 2.45) is 5.11 Å². The highest BCUT2D eigenvalue weighted by atomic mass is 16.6. The Bertz CT molecular complexity index is 674. The molecule has 6 heteroatoms. The highest BCUT2D eigenvalue weighted by Crippen LogP contribution is 2.39. The quantitative estimate of drug-likeness (QED) is 0.334. The summed E-state index contributed by atoms with van der Waals surface area (Å²) in [6, 6.07) is 4.92. The molecule has 1 aliphatic heterocycles. The first-order valence-electron chi connectivity index (χ1n) is 5.80. The number of benzene rings is 1. The lowest BCUT2D eigenvalue weighted by molar-refractivity contribution is -0.143. The number of hydrogen-bond acceptors (Lipinski definition) is 4. The average Bonchev–Trinajstić information content (AvgIpc) is 2.78. The van der Waals surface area contributed by atoms with Crippen molar-refractivity contribution in [1.82, 2.24) is 0 Å². The number of esters is 1. The Hall–Kier alpha value is -2.59. The van der Waals surface area contributed by atoms with E-state index in [4.69, 9.17) is 10.3 Å². The monoisotopic (exact) mass is 255 g/mol. The van der Waals surface area contributed by atoms with E-state index < -0.39 is 5.60 Å². The minimum atomic E-state index is -1.17. The zero-order valence-electron chi connectivity index (χ0n) is 9.87. The third kappa shape index (κ3) is 1.62. The Kier molecular flexibility index (Phi) is 2.40. The van der Waals surface area contributed by atoms with Gasteiger partial charge in [-0.25, -0.2) is 0 Å². The highest BCUT2D eigenvalue weighted by molar-refractivity contribution is 6.11. The van der Waals surface area contributed by atoms with Crippen LogP contribution in [-0.4, -0.2) is 17.4 Å². The summed E-state index contributed by atoms with van der Waals surface area (Å²) < 4.78 is 5.18. The molecular formula is C13H9N3O3. The number of hydrogen-bond donors (Lipinski definition) is 0. The predicted molar refractivity (Wildman–Crippen MR) is 66.7 cm³/mol. The maximum atomic E-state index is 12.5. The second kappa shape index (κ2) is 3.96. The molecule has 0 unspecified atom stereocenters. The van der Waals surface area contributed by atoms with Gasteiger partial charge in [0.2, 0.25) is 5.78 Å². The van der Waals surface area contributed by atoms with Gasteiger partial charge in [-0.2, -0.15) is 0 Å². The Balaban J connectivity index is 2.14. The van der Waals surface area contributed by atoms with Gasteiger partial charge in [-0.15, -0.1) is 0 Å². The van der Waals surface area contributed by atoms with Gasteiger partial charge in [0.1, 0.15) is 0 Å². The van der Waals surface area contributed by atoms with Crippen molar-refractivity contribution in [2.45, 2.75) is 18.4 Å². The summed E-state index contributed by atoms with van der Waals surface area (Å²) in [5.74, 6) is -0.626. The smallest absolute Gasteiger partial charge is 0.307 e. The topological polar surface area (TPSA) is 92.1 Å². The van der Waals surface area contributed by atoms with E-state index in [9.17, 15) is 9.59 Å². The molecule has 1 atom stereocenters. The first-order chi connectivity index (χ1) is 9.16. The van der Waals surface area contributed by atoms with E-state index >= 15 is 0 Å². The van der Waals surface area contributed by atoms with Gasteiger partial charge in [0, 0.05) is 22.6 Å². The molecule has 1 aromatic rings. The summed E-state index contributed by atoms with van der Waals surface area (Å²) in [7, 11) is 0. The van der Waals surface area contributed by atoms with Crippen molar-refractivity contribution in [3.63, 3.8) is 0 Å². The van der Waals surface area contributed by atoms with E-state index in [0.717, 1.165) is 0 Å². The van der Waals surface area contributed by atoms with E-state index in [1.807, 2.05) is 0 Å². The molecule has 6 nitrogen and oxygen atoms in total. The average molecular weight is 255 g/mol. The number of ketones is 1. The fraction of sp³-hybridized carbons (Fsp3) is 0.231. The normalized spacial score (nSPS) is 24.0. The van der Waals surface area contributed by atoms with Crippen LogP contribution in [0, 0.1) is 0 Å². The molecule has 1 spiro atoms. The van der Waals surface area contributed by atoms with Crippen LogP contribution in [0.2, 0.25) is 0 Å². The van der Waals surface area contributed by atoms with E-state index in [0.29, 0.717) is 23.2 Å². The highest BCUT2D eigenvalue weighted by Gasteiger charge is 2.47. The third-order valence-electron chi connectivity index (χ3n) is 3.38. The molecule has 0 aromatic heterocycles. The molecule has 1 aromatic carbocycles. The zero-order valence-corrected chi connectivity index (χ0v) is 9.87. The van der Waals surface area contributed by atoms with Crippen LogP contribution in [0.3, 0.4) is 0 Å². The molecule has 0 N–H and O–H groups in total. The maximum Gasteiger partial charge on any atom is 0.307 e. The van der Waals surface area contributed by atoms with Crippen LogP contribution >= 0.6 is 0 Å². The largest absolute Gasteiger partial charge is 0.446 e. The molecule has 1 saturated heterocycles. The van der Waals surface area contributed by atoms with Crippen molar-refractivity contribution in [2.75, 3.05) is 0 Å². The van der Waals surface area contributed by atoms with Crippen molar-refractivity contribution in [3.8, 4) is 0 Å². The van der Waals surface area contributed by atoms with Crippen LogP contribution < -0.4 is 0 Å². The lowest BCUT2D eigenvalue weighted by atomic mass is 9.82. The lowest BCUT2D eigenvalue weighted by Gasteiger charge is -2.27. The Morgan fingerprint density at radius 2 is 2.21 bits per heavy atom. The number of nitrogens with zero attached hydrogens (tertiary/aromatic N) is 3. The van der Waals surface area contributed by atoms with Crippen LogP contribution in [0.4, 0.5) is 5.69 Å². The molecule has 0 radical (unpaired) electrons. The number of fused-ring (bicyclic) bond motifs is 1. The van der Waals surface area contributed by atoms with Gasteiger partial charge in [-0.3, -0.25) is 9.59 Å². The summed E-state index contributed by atoms with van der Waals surface area (Å²) in [5.41, 5.74) is 8.72. The first kappa shape index (κ1) is 11.5. The summed E-state index contributed by atoms with van der Waals surface area (Å²) in [6.45, 7) is 0. The third-order valence-corrected chi connectivity index (χ3v) is 3.38. The number of azide groups is 1. The van der Waals surface area contributed by atoms with E-state index in [1.165, 1.54) is 0 Å². The summed E-state index contributed by atoms with van der Waals surface area (Å²) >= 11 is 0. The Morgan fingerprint density at radius 1 is 1.37 bits per heavy atom. The fourth-order valence-corrected chi connectivity index (χ4v) is 2.45. The van der Waals surface area contributed by atoms with Crippen LogP contribution in [-0.2, 0) is 9.53 Å². The Labute approximate surface area is 108 Å².